The number of nitrogens with zero attached hydrogens (tertiary/aromatic N) is 4. The fourth-order valence-corrected chi connectivity index (χ4v) is 3.47. The second-order valence-electron chi connectivity index (χ2n) is 6.15. The van der Waals surface area contributed by atoms with Crippen LogP contribution in [-0.2, 0) is 4.79 Å². The van der Waals surface area contributed by atoms with Gasteiger partial charge in [-0.15, -0.1) is 10.2 Å². The Morgan fingerprint density at radius 3 is 2.70 bits per heavy atom. The van der Waals surface area contributed by atoms with E-state index >= 15 is 0 Å². The molecule has 8 heteroatoms. The normalized spacial score (nSPS) is 16.1. The molecule has 1 aliphatic heterocycles. The van der Waals surface area contributed by atoms with Gasteiger partial charge in [0.05, 0.1) is 0 Å². The number of nitrogens with one attached hydrogen (secondary N) is 1. The molecule has 0 unspecified atom stereocenters. The lowest BCUT2D eigenvalue weighted by Gasteiger charge is -2.30. The van der Waals surface area contributed by atoms with Crippen molar-refractivity contribution in [2.75, 3.05) is 23.3 Å². The van der Waals surface area contributed by atoms with Crippen molar-refractivity contribution in [3.63, 3.8) is 0 Å². The molecule has 0 spiro atoms. The molecule has 1 saturated heterocycles. The number of carbonyl (C=O) groups is 1. The third-order valence-electron chi connectivity index (χ3n) is 3.94. The minimum atomic E-state index is 0.000691. The van der Waals surface area contributed by atoms with Gasteiger partial charge in [0.25, 0.3) is 0 Å². The predicted octanol–water partition coefficient (Wildman–Crippen LogP) is 2.81. The van der Waals surface area contributed by atoms with Gasteiger partial charge in [0.2, 0.25) is 11.0 Å². The van der Waals surface area contributed by atoms with E-state index in [0.717, 1.165) is 36.1 Å². The number of hydrogen-bond acceptors (Lipinski definition) is 7. The summed E-state index contributed by atoms with van der Waals surface area (Å²) in [6, 6.07) is 1.72. The van der Waals surface area contributed by atoms with Crippen LogP contribution in [0.2, 0.25) is 0 Å². The molecule has 2 aromatic heterocycles. The van der Waals surface area contributed by atoms with E-state index < -0.39 is 0 Å². The van der Waals surface area contributed by atoms with Gasteiger partial charge in [0.15, 0.2) is 5.82 Å². The monoisotopic (exact) mass is 335 g/mol. The van der Waals surface area contributed by atoms with Crippen LogP contribution in [0.1, 0.15) is 43.4 Å². The summed E-state index contributed by atoms with van der Waals surface area (Å²) >= 11 is 1.64. The standard InChI is InChI=1S/C15H21N5O2S/c1-9(2)14-17-18-15(23-14)20-6-4-11(5-7-20)13(21)16-12-8-10(3)22-19-12/h8-9,11H,4-7H2,1-3H3,(H,16,19,21). The Balaban J connectivity index is 1.54. The van der Waals surface area contributed by atoms with Crippen LogP contribution in [0.3, 0.4) is 0 Å². The maximum atomic E-state index is 12.3. The Morgan fingerprint density at radius 2 is 2.13 bits per heavy atom. The van der Waals surface area contributed by atoms with Crippen molar-refractivity contribution in [3.8, 4) is 0 Å². The first-order valence-electron chi connectivity index (χ1n) is 7.85. The van der Waals surface area contributed by atoms with Crippen LogP contribution in [0.5, 0.6) is 0 Å². The topological polar surface area (TPSA) is 84.2 Å². The van der Waals surface area contributed by atoms with Crippen molar-refractivity contribution >= 4 is 28.2 Å². The molecule has 0 bridgehead atoms. The van der Waals surface area contributed by atoms with E-state index in [1.54, 1.807) is 24.3 Å². The third-order valence-corrected chi connectivity index (χ3v) is 5.22. The van der Waals surface area contributed by atoms with Gasteiger partial charge >= 0.3 is 0 Å². The van der Waals surface area contributed by atoms with Crippen molar-refractivity contribution in [2.24, 2.45) is 5.92 Å². The number of aromatic nitrogens is 3. The number of amides is 1. The summed E-state index contributed by atoms with van der Waals surface area (Å²) < 4.78 is 4.96. The summed E-state index contributed by atoms with van der Waals surface area (Å²) in [4.78, 5) is 14.5. The van der Waals surface area contributed by atoms with Gasteiger partial charge in [-0.25, -0.2) is 0 Å². The van der Waals surface area contributed by atoms with Gasteiger partial charge in [-0.1, -0.05) is 30.3 Å². The van der Waals surface area contributed by atoms with E-state index in [-0.39, 0.29) is 11.8 Å². The Labute approximate surface area is 139 Å². The second-order valence-corrected chi connectivity index (χ2v) is 7.14. The first kappa shape index (κ1) is 15.9. The molecule has 0 atom stereocenters. The smallest absolute Gasteiger partial charge is 0.228 e. The maximum absolute atomic E-state index is 12.3. The molecular formula is C15H21N5O2S. The predicted molar refractivity (Wildman–Crippen MR) is 88.8 cm³/mol. The zero-order valence-corrected chi connectivity index (χ0v) is 14.4. The highest BCUT2D eigenvalue weighted by molar-refractivity contribution is 7.15. The van der Waals surface area contributed by atoms with E-state index in [1.807, 2.05) is 0 Å². The van der Waals surface area contributed by atoms with E-state index in [4.69, 9.17) is 4.52 Å². The van der Waals surface area contributed by atoms with Crippen LogP contribution in [0.4, 0.5) is 10.9 Å². The molecule has 1 fully saturated rings. The number of anilines is 2. The van der Waals surface area contributed by atoms with Gasteiger partial charge in [-0.05, 0) is 19.8 Å². The van der Waals surface area contributed by atoms with Crippen LogP contribution in [0.15, 0.2) is 10.6 Å². The lowest BCUT2D eigenvalue weighted by atomic mass is 9.96. The molecule has 3 heterocycles. The lowest BCUT2D eigenvalue weighted by Crippen LogP contribution is -2.38. The summed E-state index contributed by atoms with van der Waals surface area (Å²) in [5.74, 6) is 1.59. The van der Waals surface area contributed by atoms with Crippen molar-refractivity contribution < 1.29 is 9.32 Å². The van der Waals surface area contributed by atoms with Crippen LogP contribution in [0.25, 0.3) is 0 Å². The zero-order chi connectivity index (χ0) is 16.4. The molecule has 1 N–H and O–H groups in total. The van der Waals surface area contributed by atoms with E-state index in [2.05, 4.69) is 39.4 Å². The molecule has 0 saturated carbocycles. The summed E-state index contributed by atoms with van der Waals surface area (Å²) in [5, 5.41) is 17.1. The fourth-order valence-electron chi connectivity index (χ4n) is 2.57. The molecule has 23 heavy (non-hydrogen) atoms. The van der Waals surface area contributed by atoms with Gasteiger partial charge < -0.3 is 14.7 Å². The molecule has 1 amide bonds. The highest BCUT2D eigenvalue weighted by Crippen LogP contribution is 2.29. The van der Waals surface area contributed by atoms with Crippen molar-refractivity contribution in [3.05, 3.63) is 16.8 Å². The summed E-state index contributed by atoms with van der Waals surface area (Å²) in [6.45, 7) is 7.68. The van der Waals surface area contributed by atoms with Crippen molar-refractivity contribution in [2.45, 2.75) is 39.5 Å². The zero-order valence-electron chi connectivity index (χ0n) is 13.6. The SMILES string of the molecule is Cc1cc(NC(=O)C2CCN(c3nnc(C(C)C)s3)CC2)no1. The molecule has 2 aromatic rings. The quantitative estimate of drug-likeness (QED) is 0.925. The molecule has 0 radical (unpaired) electrons. The Kier molecular flexibility index (Phi) is 4.61. The maximum Gasteiger partial charge on any atom is 0.228 e. The minimum Gasteiger partial charge on any atom is -0.360 e. The van der Waals surface area contributed by atoms with E-state index in [0.29, 0.717) is 17.5 Å². The second kappa shape index (κ2) is 6.66. The third kappa shape index (κ3) is 3.69. The largest absolute Gasteiger partial charge is 0.360 e. The van der Waals surface area contributed by atoms with Crippen LogP contribution in [-0.4, -0.2) is 34.4 Å². The molecule has 1 aliphatic rings. The highest BCUT2D eigenvalue weighted by Gasteiger charge is 2.27. The number of piperidine rings is 1. The molecule has 7 nitrogen and oxygen atoms in total. The van der Waals surface area contributed by atoms with Gasteiger partial charge in [0, 0.05) is 31.0 Å². The minimum absolute atomic E-state index is 0.000691. The van der Waals surface area contributed by atoms with Gasteiger partial charge in [-0.2, -0.15) is 0 Å². The Bertz CT molecular complexity index is 673. The average molecular weight is 335 g/mol. The Morgan fingerprint density at radius 1 is 1.39 bits per heavy atom. The van der Waals surface area contributed by atoms with Crippen molar-refractivity contribution in [1.29, 1.82) is 0 Å². The van der Waals surface area contributed by atoms with E-state index in [9.17, 15) is 4.79 Å². The molecule has 0 aromatic carbocycles. The first-order chi connectivity index (χ1) is 11.0. The number of carbonyl (C=O) groups excluding carboxylic acids is 1. The molecule has 3 rings (SSSR count). The van der Waals surface area contributed by atoms with Crippen molar-refractivity contribution in [1.82, 2.24) is 15.4 Å². The van der Waals surface area contributed by atoms with E-state index in [1.165, 1.54) is 0 Å². The Hall–Kier alpha value is -1.96. The molecule has 0 aliphatic carbocycles. The van der Waals surface area contributed by atoms with Crippen LogP contribution >= 0.6 is 11.3 Å². The lowest BCUT2D eigenvalue weighted by molar-refractivity contribution is -0.120. The first-order valence-corrected chi connectivity index (χ1v) is 8.67. The number of rotatable bonds is 4. The highest BCUT2D eigenvalue weighted by atomic mass is 32.1. The average Bonchev–Trinajstić information content (AvgIpc) is 3.17. The summed E-state index contributed by atoms with van der Waals surface area (Å²) in [5.41, 5.74) is 0. The number of hydrogen-bond donors (Lipinski definition) is 1. The van der Waals surface area contributed by atoms with Crippen LogP contribution in [0, 0.1) is 12.8 Å². The fraction of sp³-hybridized carbons (Fsp3) is 0.600. The van der Waals surface area contributed by atoms with Crippen LogP contribution < -0.4 is 10.2 Å². The summed E-state index contributed by atoms with van der Waals surface area (Å²) in [7, 11) is 0. The molecular weight excluding hydrogens is 314 g/mol. The number of aryl methyl sites for hydroxylation is 1. The summed E-state index contributed by atoms with van der Waals surface area (Å²) in [6.07, 6.45) is 1.61. The molecule has 124 valence electrons. The van der Waals surface area contributed by atoms with Gasteiger partial charge in [0.1, 0.15) is 10.8 Å². The van der Waals surface area contributed by atoms with Gasteiger partial charge in [-0.3, -0.25) is 4.79 Å².